The Kier molecular flexibility index (Phi) is 5.51. The molecule has 0 aliphatic rings. The lowest BCUT2D eigenvalue weighted by molar-refractivity contribution is 0.592. The number of benzene rings is 1. The van der Waals surface area contributed by atoms with Gasteiger partial charge < -0.3 is 4.57 Å². The van der Waals surface area contributed by atoms with Crippen molar-refractivity contribution in [3.8, 4) is 11.1 Å². The predicted octanol–water partition coefficient (Wildman–Crippen LogP) is 5.27. The molecule has 2 aromatic heterocycles. The van der Waals surface area contributed by atoms with Gasteiger partial charge >= 0.3 is 0 Å². The summed E-state index contributed by atoms with van der Waals surface area (Å²) >= 11 is 6.59. The highest BCUT2D eigenvalue weighted by molar-refractivity contribution is 7.90. The van der Waals surface area contributed by atoms with Gasteiger partial charge in [0.15, 0.2) is 5.69 Å². The van der Waals surface area contributed by atoms with Crippen LogP contribution in [0.25, 0.3) is 26.9 Å². The second-order valence-electron chi connectivity index (χ2n) is 7.18. The van der Waals surface area contributed by atoms with Crippen molar-refractivity contribution in [3.05, 3.63) is 57.8 Å². The number of aryl methyl sites for hydroxylation is 3. The van der Waals surface area contributed by atoms with Crippen LogP contribution in [0.3, 0.4) is 0 Å². The summed E-state index contributed by atoms with van der Waals surface area (Å²) in [5.41, 5.74) is 6.10. The molecule has 1 aromatic carbocycles. The minimum absolute atomic E-state index is 0.132. The van der Waals surface area contributed by atoms with Crippen LogP contribution in [0.4, 0.5) is 5.69 Å². The number of rotatable bonds is 5. The molecule has 0 fully saturated rings. The van der Waals surface area contributed by atoms with E-state index in [-0.39, 0.29) is 5.75 Å². The highest BCUT2D eigenvalue weighted by Gasteiger charge is 2.20. The first-order valence-electron chi connectivity index (χ1n) is 8.93. The van der Waals surface area contributed by atoms with E-state index in [1.807, 2.05) is 32.9 Å². The molecule has 5 nitrogen and oxygen atoms in total. The molecule has 0 radical (unpaired) electrons. The van der Waals surface area contributed by atoms with Crippen molar-refractivity contribution < 1.29 is 8.42 Å². The number of pyridine rings is 1. The lowest BCUT2D eigenvalue weighted by Gasteiger charge is -2.10. The average molecular weight is 416 g/mol. The first-order valence-corrected chi connectivity index (χ1v) is 11.4. The van der Waals surface area contributed by atoms with Crippen LogP contribution in [-0.4, -0.2) is 30.0 Å². The van der Waals surface area contributed by atoms with Crippen LogP contribution in [-0.2, 0) is 16.4 Å². The topological polar surface area (TPSA) is 56.3 Å². The fourth-order valence-electron chi connectivity index (χ4n) is 3.57. The Bertz CT molecular complexity index is 1220. The first kappa shape index (κ1) is 20.4. The van der Waals surface area contributed by atoms with Gasteiger partial charge in [-0.3, -0.25) is 4.98 Å². The van der Waals surface area contributed by atoms with Crippen LogP contribution in [0.15, 0.2) is 24.5 Å². The summed E-state index contributed by atoms with van der Waals surface area (Å²) in [6, 6.07) is 3.89. The Morgan fingerprint density at radius 1 is 1.18 bits per heavy atom. The maximum atomic E-state index is 11.5. The van der Waals surface area contributed by atoms with Crippen LogP contribution in [0.5, 0.6) is 0 Å². The Labute approximate surface area is 170 Å². The number of nitrogens with zero attached hydrogens (tertiary/aromatic N) is 3. The van der Waals surface area contributed by atoms with Gasteiger partial charge in [0, 0.05) is 47.5 Å². The normalized spacial score (nSPS) is 11.7. The Morgan fingerprint density at radius 3 is 2.54 bits per heavy atom. The molecule has 0 spiro atoms. The fraction of sp³-hybridized carbons (Fsp3) is 0.333. The van der Waals surface area contributed by atoms with Crippen molar-refractivity contribution >= 4 is 38.0 Å². The molecule has 28 heavy (non-hydrogen) atoms. The van der Waals surface area contributed by atoms with Gasteiger partial charge in [0.2, 0.25) is 0 Å². The van der Waals surface area contributed by atoms with E-state index in [9.17, 15) is 8.42 Å². The largest absolute Gasteiger partial charge is 0.344 e. The number of hydrogen-bond acceptors (Lipinski definition) is 3. The molecule has 0 unspecified atom stereocenters. The summed E-state index contributed by atoms with van der Waals surface area (Å²) in [5, 5.41) is 1.57. The minimum atomic E-state index is -3.02. The number of aromatic nitrogens is 2. The van der Waals surface area contributed by atoms with Gasteiger partial charge in [0.1, 0.15) is 9.84 Å². The SMILES string of the molecule is [C-]#[N+]c1cc2c(-c3cncc(C)c3Cl)c(C)n(CCCS(C)(=O)=O)c2cc1C. The molecule has 0 atom stereocenters. The van der Waals surface area contributed by atoms with Crippen molar-refractivity contribution in [1.29, 1.82) is 0 Å². The molecule has 146 valence electrons. The smallest absolute Gasteiger partial charge is 0.190 e. The van der Waals surface area contributed by atoms with Gasteiger partial charge in [-0.25, -0.2) is 13.3 Å². The molecule has 3 rings (SSSR count). The summed E-state index contributed by atoms with van der Waals surface area (Å²) in [4.78, 5) is 7.94. The lowest BCUT2D eigenvalue weighted by Crippen LogP contribution is -2.08. The van der Waals surface area contributed by atoms with Gasteiger partial charge in [-0.2, -0.15) is 0 Å². The van der Waals surface area contributed by atoms with Crippen molar-refractivity contribution in [2.75, 3.05) is 12.0 Å². The zero-order chi connectivity index (χ0) is 20.6. The summed E-state index contributed by atoms with van der Waals surface area (Å²) in [7, 11) is -3.02. The number of sulfone groups is 1. The van der Waals surface area contributed by atoms with Crippen LogP contribution >= 0.6 is 11.6 Å². The summed E-state index contributed by atoms with van der Waals surface area (Å²) < 4.78 is 25.2. The minimum Gasteiger partial charge on any atom is -0.344 e. The molecule has 2 heterocycles. The van der Waals surface area contributed by atoms with Gasteiger partial charge in [0.25, 0.3) is 0 Å². The molecule has 0 aliphatic carbocycles. The van der Waals surface area contributed by atoms with Crippen LogP contribution < -0.4 is 0 Å². The number of hydrogen-bond donors (Lipinski definition) is 0. The molecule has 0 saturated carbocycles. The molecule has 0 saturated heterocycles. The molecule has 0 aliphatic heterocycles. The van der Waals surface area contributed by atoms with Gasteiger partial charge in [-0.05, 0) is 55.8 Å². The third kappa shape index (κ3) is 3.78. The summed E-state index contributed by atoms with van der Waals surface area (Å²) in [6.45, 7) is 13.9. The monoisotopic (exact) mass is 415 g/mol. The predicted molar refractivity (Wildman–Crippen MR) is 115 cm³/mol. The van der Waals surface area contributed by atoms with E-state index in [2.05, 4.69) is 14.4 Å². The van der Waals surface area contributed by atoms with E-state index in [0.717, 1.165) is 38.9 Å². The quantitative estimate of drug-likeness (QED) is 0.533. The molecule has 0 bridgehead atoms. The second kappa shape index (κ2) is 7.57. The molecular formula is C21H22ClN3O2S. The highest BCUT2D eigenvalue weighted by Crippen LogP contribution is 2.41. The van der Waals surface area contributed by atoms with Gasteiger partial charge in [0.05, 0.1) is 17.3 Å². The second-order valence-corrected chi connectivity index (χ2v) is 9.82. The van der Waals surface area contributed by atoms with E-state index in [0.29, 0.717) is 23.7 Å². The molecule has 0 amide bonds. The maximum absolute atomic E-state index is 11.5. The number of fused-ring (bicyclic) bond motifs is 1. The molecular weight excluding hydrogens is 394 g/mol. The van der Waals surface area contributed by atoms with Crippen LogP contribution in [0.1, 0.15) is 23.2 Å². The lowest BCUT2D eigenvalue weighted by atomic mass is 10.0. The van der Waals surface area contributed by atoms with Crippen LogP contribution in [0.2, 0.25) is 5.02 Å². The Hall–Kier alpha value is -2.36. The maximum Gasteiger partial charge on any atom is 0.190 e. The van der Waals surface area contributed by atoms with E-state index in [1.165, 1.54) is 6.26 Å². The third-order valence-corrected chi connectivity index (χ3v) is 6.51. The summed E-state index contributed by atoms with van der Waals surface area (Å²) in [5.74, 6) is 0.132. The zero-order valence-corrected chi connectivity index (χ0v) is 17.9. The Balaban J connectivity index is 2.27. The average Bonchev–Trinajstić information content (AvgIpc) is 2.87. The van der Waals surface area contributed by atoms with Crippen molar-refractivity contribution in [3.63, 3.8) is 0 Å². The molecule has 3 aromatic rings. The molecule has 7 heteroatoms. The van der Waals surface area contributed by atoms with E-state index < -0.39 is 9.84 Å². The summed E-state index contributed by atoms with van der Waals surface area (Å²) in [6.07, 6.45) is 5.24. The van der Waals surface area contributed by atoms with Crippen molar-refractivity contribution in [2.24, 2.45) is 0 Å². The van der Waals surface area contributed by atoms with Crippen molar-refractivity contribution in [1.82, 2.24) is 9.55 Å². The zero-order valence-electron chi connectivity index (χ0n) is 16.4. The van der Waals surface area contributed by atoms with E-state index in [4.69, 9.17) is 18.2 Å². The van der Waals surface area contributed by atoms with Gasteiger partial charge in [-0.15, -0.1) is 0 Å². The van der Waals surface area contributed by atoms with Crippen LogP contribution in [0, 0.1) is 27.3 Å². The van der Waals surface area contributed by atoms with E-state index >= 15 is 0 Å². The van der Waals surface area contributed by atoms with Gasteiger partial charge in [-0.1, -0.05) is 11.6 Å². The molecule has 0 N–H and O–H groups in total. The standard InChI is InChI=1S/C21H22ClN3O2S/c1-13-9-19-16(10-18(13)23-4)20(17-12-24-11-14(2)21(17)22)15(3)25(19)7-6-8-28(5,26)27/h9-12H,6-8H2,1-3,5H3. The fourth-order valence-corrected chi connectivity index (χ4v) is 4.42. The van der Waals surface area contributed by atoms with Crippen molar-refractivity contribution in [2.45, 2.75) is 33.7 Å². The Morgan fingerprint density at radius 2 is 1.89 bits per heavy atom. The number of halogens is 1. The first-order chi connectivity index (χ1) is 13.1. The third-order valence-electron chi connectivity index (χ3n) is 4.98. The van der Waals surface area contributed by atoms with E-state index in [1.54, 1.807) is 12.4 Å². The highest BCUT2D eigenvalue weighted by atomic mass is 35.5.